The molecule has 4 rings (SSSR count). The smallest absolute Gasteiger partial charge is 0.305 e. The molecule has 1 aromatic heterocycles. The first-order chi connectivity index (χ1) is 41.0. The molecule has 2 aromatic carbocycles. The number of aliphatic carboxylic acids is 2. The zero-order valence-electron chi connectivity index (χ0n) is 50.9. The number of carboxylic acids is 2. The van der Waals surface area contributed by atoms with Crippen LogP contribution in [0, 0.1) is 11.8 Å². The van der Waals surface area contributed by atoms with Gasteiger partial charge in [0.25, 0.3) is 0 Å². The van der Waals surface area contributed by atoms with Gasteiger partial charge in [-0.2, -0.15) is 11.8 Å². The van der Waals surface area contributed by atoms with Crippen LogP contribution in [0.1, 0.15) is 109 Å². The molecule has 0 saturated carbocycles. The number of hydrogen-bond acceptors (Lipinski definition) is 27. The van der Waals surface area contributed by atoms with Gasteiger partial charge in [0, 0.05) is 35.0 Å². The Balaban J connectivity index is -0.000000164. The molecule has 29 nitrogen and oxygen atoms in total. The highest BCUT2D eigenvalue weighted by Crippen LogP contribution is 2.21. The molecule has 30 heteroatoms. The van der Waals surface area contributed by atoms with E-state index in [0.29, 0.717) is 49.5 Å². The highest BCUT2D eigenvalue weighted by Gasteiger charge is 2.12. The van der Waals surface area contributed by atoms with Crippen molar-refractivity contribution in [2.24, 2.45) is 74.9 Å². The topological polar surface area (TPSA) is 597 Å². The minimum atomic E-state index is -1.05. The zero-order valence-corrected chi connectivity index (χ0v) is 51.7. The summed E-state index contributed by atoms with van der Waals surface area (Å²) in [6.07, 6.45) is 16.4. The average Bonchev–Trinajstić information content (AvgIpc) is 3.17. The van der Waals surface area contributed by atoms with Crippen LogP contribution >= 0.6 is 11.8 Å². The van der Waals surface area contributed by atoms with Crippen molar-refractivity contribution < 1.29 is 77.6 Å². The number of aromatic hydroxyl groups is 1. The third kappa shape index (κ3) is 68.0. The van der Waals surface area contributed by atoms with Crippen LogP contribution in [-0.2, 0) is 62.3 Å². The van der Waals surface area contributed by atoms with Crippen LogP contribution in [0.25, 0.3) is 10.9 Å². The van der Waals surface area contributed by atoms with Crippen molar-refractivity contribution >= 4 is 104 Å². The van der Waals surface area contributed by atoms with Crippen LogP contribution in [0.2, 0.25) is 0 Å². The molecule has 10 unspecified atom stereocenters. The lowest BCUT2D eigenvalue weighted by atomic mass is 10.1. The Morgan fingerprint density at radius 1 is 0.621 bits per heavy atom. The maximum Gasteiger partial charge on any atom is 0.305 e. The van der Waals surface area contributed by atoms with E-state index in [2.05, 4.69) is 16.0 Å². The van der Waals surface area contributed by atoms with E-state index in [1.54, 1.807) is 37.0 Å². The van der Waals surface area contributed by atoms with E-state index in [1.165, 1.54) is 12.1 Å². The van der Waals surface area contributed by atoms with Crippen molar-refractivity contribution in [2.45, 2.75) is 146 Å². The highest BCUT2D eigenvalue weighted by atomic mass is 32.2. The van der Waals surface area contributed by atoms with Crippen LogP contribution in [0.15, 0.2) is 54.7 Å². The van der Waals surface area contributed by atoms with Crippen LogP contribution in [0.3, 0.4) is 0 Å². The zero-order chi connectivity index (χ0) is 68.7. The van der Waals surface area contributed by atoms with Gasteiger partial charge >= 0.3 is 11.9 Å². The molecule has 1 saturated heterocycles. The van der Waals surface area contributed by atoms with Gasteiger partial charge in [0.2, 0.25) is 0 Å². The fourth-order valence-corrected chi connectivity index (χ4v) is 5.59. The Hall–Kier alpha value is -7.04. The number of rotatable bonds is 26. The summed E-state index contributed by atoms with van der Waals surface area (Å²) in [6, 6.07) is 9.97. The number of thioether (sulfide) groups is 1. The predicted octanol–water partition coefficient (Wildman–Crippen LogP) is -1.21. The fraction of sp³-hybridized carbons (Fsp3) is 0.526. The molecule has 0 bridgehead atoms. The van der Waals surface area contributed by atoms with E-state index in [9.17, 15) is 57.5 Å². The maximum atomic E-state index is 10.5. The number of carbonyl (C=O) groups excluding carboxylic acids is 11. The second-order valence-electron chi connectivity index (χ2n) is 19.0. The third-order valence-electron chi connectivity index (χ3n) is 9.84. The Kier molecular flexibility index (Phi) is 71.6. The number of H-pyrrole nitrogens is 1. The number of unbranched alkanes of at least 4 members (excludes halogenated alkanes) is 1. The Morgan fingerprint density at radius 2 is 1.09 bits per heavy atom. The quantitative estimate of drug-likeness (QED) is 0.0331. The standard InChI is InChI=1S/C10H10N2O.C8H9NO2.C6H14N2O.C6H13NO.C5H9NO.C5H11NO.2C4H7NO3.C4H9NOS.C3H7NO.C2H5NO/c11-9(6-13)8-5-12-10-4-2-1-3-7(8)10;9-8(5-10)6-1-3-7(11)4-2-6;7-4-2-1-3-6(8)5-9;1-5(2)3-6(7)4-8;7-4-5-2-1-3-6-5;1-4(2)5(6)3-7;2*5-3(2-6)1-4(7)8;1-7-3-4(5)2-6;1-3(4)2-5;3-1-2-4/h1-6,9,12H,11H2;1-5,8,11H,9H2;5-6H,1-4,7-8H2;4-6H,3,7H2,1-2H3;4-6H,1-3H2;3-5H,6H2,1-2H3;2*2-3H,1,5H2,(H,7,8);2,4H,3,5H2,1H3;2-3H,4H2,1H3;2H,1,3H2. The van der Waals surface area contributed by atoms with Crippen molar-refractivity contribution in [2.75, 3.05) is 31.6 Å². The van der Waals surface area contributed by atoms with Gasteiger partial charge in [-0.05, 0) is 94.0 Å². The number of aldehydes is 11. The number of phenolic OH excluding ortho intramolecular Hbond substituents is 1. The molecule has 3 aromatic rings. The number of carboxylic acid groups (broad SMARTS) is 2. The van der Waals surface area contributed by atoms with E-state index < -0.39 is 36.1 Å². The Labute approximate surface area is 514 Å². The van der Waals surface area contributed by atoms with E-state index in [-0.39, 0.29) is 67.3 Å². The summed E-state index contributed by atoms with van der Waals surface area (Å²) in [4.78, 5) is 130. The summed E-state index contributed by atoms with van der Waals surface area (Å²) in [5, 5.41) is 28.9. The summed E-state index contributed by atoms with van der Waals surface area (Å²) >= 11 is 1.58. The molecule has 27 N–H and O–H groups in total. The lowest BCUT2D eigenvalue weighted by molar-refractivity contribution is -0.138. The van der Waals surface area contributed by atoms with Gasteiger partial charge in [-0.3, -0.25) is 9.59 Å². The molecule has 1 fully saturated rings. The van der Waals surface area contributed by atoms with E-state index in [0.717, 1.165) is 105 Å². The van der Waals surface area contributed by atoms with Crippen LogP contribution in [0.4, 0.5) is 0 Å². The number of benzene rings is 2. The first kappa shape index (κ1) is 93.7. The number of nitrogens with two attached hydrogens (primary N) is 11. The monoisotopic (exact) mass is 1260 g/mol. The predicted molar refractivity (Wildman–Crippen MR) is 339 cm³/mol. The molecule has 1 aliphatic rings. The normalized spacial score (nSPS) is 14.3. The van der Waals surface area contributed by atoms with Gasteiger partial charge in [-0.15, -0.1) is 0 Å². The summed E-state index contributed by atoms with van der Waals surface area (Å²) in [7, 11) is 0. The summed E-state index contributed by atoms with van der Waals surface area (Å²) < 4.78 is 0. The number of nitrogens with one attached hydrogen (secondary N) is 2. The van der Waals surface area contributed by atoms with Gasteiger partial charge in [-0.1, -0.05) is 64.4 Å². The number of carbonyl (C=O) groups is 13. The summed E-state index contributed by atoms with van der Waals surface area (Å²) in [5.41, 5.74) is 59.3. The lowest BCUT2D eigenvalue weighted by Crippen LogP contribution is -2.27. The van der Waals surface area contributed by atoms with Crippen molar-refractivity contribution in [3.63, 3.8) is 0 Å². The minimum absolute atomic E-state index is 0.139. The first-order valence-electron chi connectivity index (χ1n) is 27.2. The molecule has 2 heterocycles. The number of aromatic amines is 1. The number of para-hydroxylation sites is 1. The van der Waals surface area contributed by atoms with Crippen LogP contribution < -0.4 is 68.4 Å². The van der Waals surface area contributed by atoms with E-state index in [4.69, 9.17) is 77.5 Å². The number of hydrogen-bond donors (Lipinski definition) is 16. The van der Waals surface area contributed by atoms with Gasteiger partial charge in [-0.25, -0.2) is 0 Å². The van der Waals surface area contributed by atoms with Crippen molar-refractivity contribution in [3.05, 3.63) is 65.9 Å². The fourth-order valence-electron chi connectivity index (χ4n) is 5.13. The third-order valence-corrected chi connectivity index (χ3v) is 10.6. The molecular weight excluding hydrogens is 1150 g/mol. The Morgan fingerprint density at radius 3 is 1.37 bits per heavy atom. The summed E-state index contributed by atoms with van der Waals surface area (Å²) in [5.74, 6) is -0.405. The molecule has 496 valence electrons. The molecule has 0 spiro atoms. The SMILES string of the molecule is CC(C)C(N)C=O.CC(C)CC(N)C=O.CC(N)C=O.CSCC(N)C=O.NC(C=O)CC(=O)O.NC(C=O)CC(=O)O.NC(C=O)c1c[nH]c2ccccc12.NC(C=O)c1ccc(O)cc1.NCC=O.NCCCCC(N)C=O.O=CC1CCCN1. The van der Waals surface area contributed by atoms with Crippen LogP contribution in [-0.4, -0.2) is 181 Å². The van der Waals surface area contributed by atoms with Crippen molar-refractivity contribution in [1.82, 2.24) is 10.3 Å². The van der Waals surface area contributed by atoms with E-state index in [1.807, 2.05) is 58.2 Å². The highest BCUT2D eigenvalue weighted by molar-refractivity contribution is 7.98. The van der Waals surface area contributed by atoms with Crippen LogP contribution in [0.5, 0.6) is 5.75 Å². The number of aromatic nitrogens is 1. The van der Waals surface area contributed by atoms with Gasteiger partial charge < -0.3 is 141 Å². The number of phenols is 1. The van der Waals surface area contributed by atoms with Crippen molar-refractivity contribution in [1.29, 1.82) is 0 Å². The van der Waals surface area contributed by atoms with Gasteiger partial charge in [0.1, 0.15) is 74.9 Å². The second-order valence-corrected chi connectivity index (χ2v) is 19.9. The molecule has 10 atom stereocenters. The number of fused-ring (bicyclic) bond motifs is 1. The molecule has 87 heavy (non-hydrogen) atoms. The lowest BCUT2D eigenvalue weighted by Gasteiger charge is -2.04. The summed E-state index contributed by atoms with van der Waals surface area (Å²) in [6.45, 7) is 11.4. The second kappa shape index (κ2) is 66.5. The molecule has 0 aliphatic carbocycles. The van der Waals surface area contributed by atoms with Crippen molar-refractivity contribution in [3.8, 4) is 5.75 Å². The Bertz CT molecular complexity index is 2190. The van der Waals surface area contributed by atoms with Gasteiger partial charge in [0.05, 0.1) is 73.3 Å². The maximum absolute atomic E-state index is 10.5. The largest absolute Gasteiger partial charge is 0.508 e. The van der Waals surface area contributed by atoms with Gasteiger partial charge in [0.15, 0.2) is 0 Å². The minimum Gasteiger partial charge on any atom is -0.508 e. The molecule has 0 radical (unpaired) electrons. The molecule has 1 aliphatic heterocycles. The van der Waals surface area contributed by atoms with E-state index >= 15 is 0 Å². The molecule has 0 amide bonds. The first-order valence-corrected chi connectivity index (χ1v) is 28.6. The molecular formula is C57H101N13O16S. The average molecular weight is 1260 g/mol.